The fraction of sp³-hybridized carbons (Fsp3) is 0.571. The van der Waals surface area contributed by atoms with E-state index in [1.807, 2.05) is 32.1 Å². The molecular weight excluding hydrogens is 302 g/mol. The van der Waals surface area contributed by atoms with Gasteiger partial charge < -0.3 is 25.3 Å². The van der Waals surface area contributed by atoms with Gasteiger partial charge in [0.25, 0.3) is 12.9 Å². The first kappa shape index (κ1) is 20.6. The average molecular weight is 327 g/mol. The molecule has 1 aromatic heterocycles. The number of aryl methyl sites for hydroxylation is 1. The van der Waals surface area contributed by atoms with E-state index in [-0.39, 0.29) is 12.9 Å². The van der Waals surface area contributed by atoms with Gasteiger partial charge in [-0.2, -0.15) is 4.98 Å². The summed E-state index contributed by atoms with van der Waals surface area (Å²) in [5, 5.41) is 17.2. The lowest BCUT2D eigenvalue weighted by molar-refractivity contribution is -0.123. The highest BCUT2D eigenvalue weighted by Gasteiger charge is 2.20. The van der Waals surface area contributed by atoms with E-state index in [1.54, 1.807) is 0 Å². The number of hydrogen-bond donors (Lipinski definition) is 3. The van der Waals surface area contributed by atoms with Crippen molar-refractivity contribution in [3.05, 3.63) is 11.8 Å². The molecule has 1 fully saturated rings. The number of likely N-dealkylation sites (tertiary alicyclic amines) is 1. The Morgan fingerprint density at radius 2 is 1.91 bits per heavy atom. The number of carboxylic acid groups (broad SMARTS) is 2. The molecule has 0 aromatic carbocycles. The summed E-state index contributed by atoms with van der Waals surface area (Å²) in [6, 6.07) is 0.470. The third-order valence-electron chi connectivity index (χ3n) is 3.09. The van der Waals surface area contributed by atoms with E-state index in [9.17, 15) is 0 Å². The van der Waals surface area contributed by atoms with Crippen molar-refractivity contribution in [1.82, 2.24) is 14.9 Å². The van der Waals surface area contributed by atoms with Crippen LogP contribution in [0.2, 0.25) is 0 Å². The lowest BCUT2D eigenvalue weighted by Gasteiger charge is -2.17. The minimum absolute atomic E-state index is 0.250. The Morgan fingerprint density at radius 3 is 2.35 bits per heavy atom. The molecule has 1 aromatic rings. The summed E-state index contributed by atoms with van der Waals surface area (Å²) < 4.78 is 0. The van der Waals surface area contributed by atoms with Crippen molar-refractivity contribution in [3.63, 3.8) is 0 Å². The fourth-order valence-electron chi connectivity index (χ4n) is 2.19. The van der Waals surface area contributed by atoms with Crippen molar-refractivity contribution < 1.29 is 19.8 Å². The molecule has 0 saturated carbocycles. The zero-order valence-electron chi connectivity index (χ0n) is 13.9. The van der Waals surface area contributed by atoms with Crippen LogP contribution in [0.25, 0.3) is 0 Å². The lowest BCUT2D eigenvalue weighted by atomic mass is 10.3. The van der Waals surface area contributed by atoms with Crippen molar-refractivity contribution in [3.8, 4) is 0 Å². The summed E-state index contributed by atoms with van der Waals surface area (Å²) in [4.78, 5) is 29.9. The van der Waals surface area contributed by atoms with E-state index >= 15 is 0 Å². The molecule has 1 saturated heterocycles. The van der Waals surface area contributed by atoms with Gasteiger partial charge in [-0.25, -0.2) is 4.98 Å². The molecule has 2 heterocycles. The topological polar surface area (TPSA) is 119 Å². The Labute approximate surface area is 136 Å². The van der Waals surface area contributed by atoms with Crippen LogP contribution in [-0.2, 0) is 9.59 Å². The van der Waals surface area contributed by atoms with Crippen molar-refractivity contribution in [2.24, 2.45) is 0 Å². The van der Waals surface area contributed by atoms with Crippen LogP contribution in [0.4, 0.5) is 11.8 Å². The third-order valence-corrected chi connectivity index (χ3v) is 3.09. The highest BCUT2D eigenvalue weighted by molar-refractivity contribution is 5.47. The van der Waals surface area contributed by atoms with Crippen molar-refractivity contribution in [1.29, 1.82) is 0 Å². The maximum Gasteiger partial charge on any atom is 0.290 e. The van der Waals surface area contributed by atoms with Gasteiger partial charge in [0.05, 0.1) is 0 Å². The van der Waals surface area contributed by atoms with Crippen molar-refractivity contribution in [2.75, 3.05) is 44.4 Å². The van der Waals surface area contributed by atoms with Crippen molar-refractivity contribution >= 4 is 24.7 Å². The van der Waals surface area contributed by atoms with Crippen LogP contribution < -0.4 is 10.2 Å². The predicted molar refractivity (Wildman–Crippen MR) is 88.0 cm³/mol. The van der Waals surface area contributed by atoms with Crippen LogP contribution in [-0.4, -0.2) is 78.3 Å². The fourth-order valence-corrected chi connectivity index (χ4v) is 2.19. The first-order valence-electron chi connectivity index (χ1n) is 7.01. The van der Waals surface area contributed by atoms with Gasteiger partial charge in [0.15, 0.2) is 0 Å². The van der Waals surface area contributed by atoms with Gasteiger partial charge in [0.1, 0.15) is 5.82 Å². The Morgan fingerprint density at radius 1 is 1.35 bits per heavy atom. The van der Waals surface area contributed by atoms with Crippen LogP contribution in [0.1, 0.15) is 12.0 Å². The summed E-state index contributed by atoms with van der Waals surface area (Å²) in [6.07, 6.45) is 3.04. The van der Waals surface area contributed by atoms with E-state index in [0.717, 1.165) is 36.8 Å². The summed E-state index contributed by atoms with van der Waals surface area (Å²) in [6.45, 7) is 3.74. The number of rotatable bonds is 3. The summed E-state index contributed by atoms with van der Waals surface area (Å²) in [5.41, 5.74) is 1.10. The highest BCUT2D eigenvalue weighted by Crippen LogP contribution is 2.17. The van der Waals surface area contributed by atoms with Crippen LogP contribution >= 0.6 is 0 Å². The molecule has 0 bridgehead atoms. The molecule has 9 nitrogen and oxygen atoms in total. The summed E-state index contributed by atoms with van der Waals surface area (Å²) >= 11 is 0. The van der Waals surface area contributed by atoms with Gasteiger partial charge >= 0.3 is 0 Å². The standard InChI is InChI=1S/C12H21N5.2CH2O2/c1-9-7-13-12(15-11(9)16(2)3)14-10-5-6-17(4)8-10;2*2-1-3/h7,10H,5-6,8H2,1-4H3,(H,13,14,15);2*1H,(H,2,3). The molecule has 0 radical (unpaired) electrons. The molecule has 0 amide bonds. The predicted octanol–water partition coefficient (Wildman–Crippen LogP) is 0.369. The zero-order valence-corrected chi connectivity index (χ0v) is 13.9. The van der Waals surface area contributed by atoms with Gasteiger partial charge in [-0.1, -0.05) is 0 Å². The van der Waals surface area contributed by atoms with Crippen LogP contribution in [0.5, 0.6) is 0 Å². The molecule has 9 heteroatoms. The number of carbonyl (C=O) groups is 2. The molecule has 1 aliphatic heterocycles. The van der Waals surface area contributed by atoms with E-state index < -0.39 is 0 Å². The maximum atomic E-state index is 8.36. The van der Waals surface area contributed by atoms with E-state index in [4.69, 9.17) is 19.8 Å². The number of aromatic nitrogens is 2. The maximum absolute atomic E-state index is 8.36. The molecule has 1 atom stereocenters. The number of nitrogens with zero attached hydrogens (tertiary/aromatic N) is 4. The largest absolute Gasteiger partial charge is 0.483 e. The molecule has 2 rings (SSSR count). The van der Waals surface area contributed by atoms with E-state index in [0.29, 0.717) is 6.04 Å². The third kappa shape index (κ3) is 7.96. The lowest BCUT2D eigenvalue weighted by Crippen LogP contribution is -2.25. The zero-order chi connectivity index (χ0) is 17.8. The summed E-state index contributed by atoms with van der Waals surface area (Å²) in [5.74, 6) is 1.72. The minimum atomic E-state index is -0.250. The molecule has 1 unspecified atom stereocenters. The Kier molecular flexibility index (Phi) is 10.0. The second-order valence-electron chi connectivity index (χ2n) is 5.20. The van der Waals surface area contributed by atoms with Gasteiger partial charge in [-0.15, -0.1) is 0 Å². The number of likely N-dealkylation sites (N-methyl/N-ethyl adjacent to an activating group) is 1. The quantitative estimate of drug-likeness (QED) is 0.676. The SMILES string of the molecule is Cc1cnc(NC2CCN(C)C2)nc1N(C)C.O=CO.O=CO. The van der Waals surface area contributed by atoms with Gasteiger partial charge in [-0.3, -0.25) is 9.59 Å². The highest BCUT2D eigenvalue weighted by atomic mass is 16.3. The minimum Gasteiger partial charge on any atom is -0.483 e. The number of anilines is 2. The molecule has 1 aliphatic rings. The van der Waals surface area contributed by atoms with Gasteiger partial charge in [0, 0.05) is 38.4 Å². The van der Waals surface area contributed by atoms with Gasteiger partial charge in [0.2, 0.25) is 5.95 Å². The molecule has 0 spiro atoms. The molecule has 0 aliphatic carbocycles. The second kappa shape index (κ2) is 11.2. The molecular formula is C14H25N5O4. The van der Waals surface area contributed by atoms with Crippen LogP contribution in [0, 0.1) is 6.92 Å². The first-order valence-corrected chi connectivity index (χ1v) is 7.01. The number of nitrogens with one attached hydrogen (secondary N) is 1. The molecule has 3 N–H and O–H groups in total. The van der Waals surface area contributed by atoms with Crippen LogP contribution in [0.15, 0.2) is 6.20 Å². The Balaban J connectivity index is 0.000000704. The smallest absolute Gasteiger partial charge is 0.290 e. The van der Waals surface area contributed by atoms with Crippen LogP contribution in [0.3, 0.4) is 0 Å². The van der Waals surface area contributed by atoms with E-state index in [2.05, 4.69) is 27.2 Å². The first-order chi connectivity index (χ1) is 10.9. The second-order valence-corrected chi connectivity index (χ2v) is 5.20. The molecule has 130 valence electrons. The van der Waals surface area contributed by atoms with Gasteiger partial charge in [-0.05, 0) is 26.9 Å². The average Bonchev–Trinajstić information content (AvgIpc) is 2.88. The Hall–Kier alpha value is -2.42. The monoisotopic (exact) mass is 327 g/mol. The normalized spacial score (nSPS) is 16.3. The Bertz CT molecular complexity index is 478. The van der Waals surface area contributed by atoms with Crippen molar-refractivity contribution in [2.45, 2.75) is 19.4 Å². The summed E-state index contributed by atoms with van der Waals surface area (Å²) in [7, 11) is 6.15. The van der Waals surface area contributed by atoms with E-state index in [1.165, 1.54) is 0 Å². The molecule has 23 heavy (non-hydrogen) atoms. The number of hydrogen-bond acceptors (Lipinski definition) is 7.